The number of nitrogens with one attached hydrogen (secondary N) is 4. The lowest BCUT2D eigenvalue weighted by atomic mass is 9.83. The summed E-state index contributed by atoms with van der Waals surface area (Å²) in [4.78, 5) is 20.3. The average Bonchev–Trinajstić information content (AvgIpc) is 3.44. The van der Waals surface area contributed by atoms with Gasteiger partial charge in [-0.2, -0.15) is 13.2 Å². The van der Waals surface area contributed by atoms with Crippen LogP contribution >= 0.6 is 0 Å². The molecule has 1 amide bonds. The first-order valence-electron chi connectivity index (χ1n) is 15.2. The molecular weight excluding hydrogens is 495 g/mol. The fourth-order valence-electron chi connectivity index (χ4n) is 8.36. The predicted molar refractivity (Wildman–Crippen MR) is 139 cm³/mol. The Labute approximate surface area is 224 Å². The van der Waals surface area contributed by atoms with Crippen molar-refractivity contribution in [3.8, 4) is 0 Å². The Morgan fingerprint density at radius 2 is 1.66 bits per heavy atom. The van der Waals surface area contributed by atoms with Gasteiger partial charge >= 0.3 is 6.18 Å². The third-order valence-corrected chi connectivity index (χ3v) is 10.4. The summed E-state index contributed by atoms with van der Waals surface area (Å²) in [6.45, 7) is 3.54. The van der Waals surface area contributed by atoms with E-state index in [9.17, 15) is 18.0 Å². The van der Waals surface area contributed by atoms with Gasteiger partial charge in [0.25, 0.3) is 0 Å². The van der Waals surface area contributed by atoms with Crippen LogP contribution in [0.15, 0.2) is 0 Å². The highest BCUT2D eigenvalue weighted by Gasteiger charge is 2.47. The number of carbonyl (C=O) groups is 1. The maximum atomic E-state index is 13.5. The summed E-state index contributed by atoms with van der Waals surface area (Å²) in [6.07, 6.45) is 7.26. The zero-order chi connectivity index (χ0) is 26.3. The molecule has 0 aromatic heterocycles. The van der Waals surface area contributed by atoms with Gasteiger partial charge in [-0.25, -0.2) is 10.9 Å². The molecule has 3 aliphatic heterocycles. The van der Waals surface area contributed by atoms with Gasteiger partial charge in [-0.3, -0.25) is 25.2 Å². The van der Waals surface area contributed by atoms with E-state index in [2.05, 4.69) is 31.3 Å². The Morgan fingerprint density at radius 3 is 2.47 bits per heavy atom. The Bertz CT molecular complexity index is 823. The smallest absolute Gasteiger partial charge is 0.340 e. The predicted octanol–water partition coefficient (Wildman–Crippen LogP) is 2.33. The third-order valence-electron chi connectivity index (χ3n) is 10.4. The van der Waals surface area contributed by atoms with E-state index < -0.39 is 12.1 Å². The molecule has 3 heterocycles. The fraction of sp³-hybridized carbons (Fsp3) is 0.963. The molecule has 6 rings (SSSR count). The molecule has 4 N–H and O–H groups in total. The minimum Gasteiger partial charge on any atom is -0.340 e. The topological polar surface area (TPSA) is 74.9 Å². The van der Waals surface area contributed by atoms with Crippen LogP contribution in [0.3, 0.4) is 0 Å². The molecule has 3 saturated heterocycles. The van der Waals surface area contributed by atoms with Crippen molar-refractivity contribution < 1.29 is 18.0 Å². The van der Waals surface area contributed by atoms with Crippen LogP contribution in [0.5, 0.6) is 0 Å². The van der Waals surface area contributed by atoms with Gasteiger partial charge in [0.1, 0.15) is 6.17 Å². The number of hydrazine groups is 1. The standard InChI is InChI=1S/C27H46F3N7O/c28-27(29,30)19-6-4-8-21(16-19)35-11-13-36(14-12-35)26(38)18-5-3-7-20(15-18)32-24-25-34-31-17-37(25)23-10-2-1-9-22(23)33-24/h18-25,31-34H,1-17H2. The first-order chi connectivity index (χ1) is 18.4. The number of amides is 1. The van der Waals surface area contributed by atoms with Gasteiger partial charge in [0.2, 0.25) is 5.91 Å². The number of alkyl halides is 3. The fourth-order valence-corrected chi connectivity index (χ4v) is 8.36. The van der Waals surface area contributed by atoms with Crippen LogP contribution < -0.4 is 21.5 Å². The Hall–Kier alpha value is -0.980. The number of hydrogen-bond acceptors (Lipinski definition) is 7. The summed E-state index contributed by atoms with van der Waals surface area (Å²) < 4.78 is 39.8. The van der Waals surface area contributed by atoms with Gasteiger partial charge in [0, 0.05) is 56.3 Å². The highest BCUT2D eigenvalue weighted by Crippen LogP contribution is 2.39. The highest BCUT2D eigenvalue weighted by molar-refractivity contribution is 5.79. The Balaban J connectivity index is 0.998. The van der Waals surface area contributed by atoms with Gasteiger partial charge in [-0.05, 0) is 51.4 Å². The average molecular weight is 542 g/mol. The van der Waals surface area contributed by atoms with Crippen LogP contribution in [-0.2, 0) is 4.79 Å². The molecule has 11 heteroatoms. The van der Waals surface area contributed by atoms with Gasteiger partial charge in [-0.1, -0.05) is 25.7 Å². The second kappa shape index (κ2) is 11.5. The van der Waals surface area contributed by atoms with Gasteiger partial charge < -0.3 is 4.90 Å². The molecule has 216 valence electrons. The summed E-state index contributed by atoms with van der Waals surface area (Å²) in [5.74, 6) is -0.884. The molecule has 0 spiro atoms. The maximum Gasteiger partial charge on any atom is 0.391 e. The lowest BCUT2D eigenvalue weighted by Crippen LogP contribution is -2.73. The maximum absolute atomic E-state index is 13.5. The first-order valence-corrected chi connectivity index (χ1v) is 15.2. The zero-order valence-corrected chi connectivity index (χ0v) is 22.5. The molecule has 38 heavy (non-hydrogen) atoms. The van der Waals surface area contributed by atoms with Crippen LogP contribution in [0.25, 0.3) is 0 Å². The van der Waals surface area contributed by atoms with Crippen LogP contribution in [0, 0.1) is 11.8 Å². The molecule has 6 aliphatic rings. The van der Waals surface area contributed by atoms with Crippen molar-refractivity contribution in [2.24, 2.45) is 11.8 Å². The molecule has 8 unspecified atom stereocenters. The second-order valence-electron chi connectivity index (χ2n) is 12.7. The van der Waals surface area contributed by atoms with Crippen molar-refractivity contribution >= 4 is 5.91 Å². The molecular formula is C27H46F3N7O. The van der Waals surface area contributed by atoms with E-state index in [0.29, 0.717) is 50.7 Å². The monoisotopic (exact) mass is 541 g/mol. The lowest BCUT2D eigenvalue weighted by molar-refractivity contribution is -0.187. The lowest BCUT2D eigenvalue weighted by Gasteiger charge is -2.50. The van der Waals surface area contributed by atoms with Gasteiger partial charge in [0.05, 0.1) is 18.8 Å². The summed E-state index contributed by atoms with van der Waals surface area (Å²) in [5, 5.41) is 7.79. The van der Waals surface area contributed by atoms with Crippen molar-refractivity contribution in [2.75, 3.05) is 32.8 Å². The van der Waals surface area contributed by atoms with Gasteiger partial charge in [0.15, 0.2) is 0 Å². The number of fused-ring (bicyclic) bond motifs is 3. The summed E-state index contributed by atoms with van der Waals surface area (Å²) in [6, 6.07) is 1.41. The Morgan fingerprint density at radius 1 is 0.868 bits per heavy atom. The number of hydrogen-bond donors (Lipinski definition) is 4. The van der Waals surface area contributed by atoms with Crippen molar-refractivity contribution in [2.45, 2.75) is 120 Å². The van der Waals surface area contributed by atoms with E-state index in [-0.39, 0.29) is 43.0 Å². The van der Waals surface area contributed by atoms with Crippen LogP contribution in [0.2, 0.25) is 0 Å². The van der Waals surface area contributed by atoms with E-state index in [0.717, 1.165) is 38.8 Å². The van der Waals surface area contributed by atoms with E-state index in [4.69, 9.17) is 0 Å². The van der Waals surface area contributed by atoms with E-state index in [1.54, 1.807) is 0 Å². The number of nitrogens with zero attached hydrogens (tertiary/aromatic N) is 3. The van der Waals surface area contributed by atoms with Crippen LogP contribution in [-0.4, -0.2) is 96.1 Å². The zero-order valence-electron chi connectivity index (χ0n) is 22.5. The number of halogens is 3. The van der Waals surface area contributed by atoms with Crippen LogP contribution in [0.1, 0.15) is 77.0 Å². The van der Waals surface area contributed by atoms with Crippen molar-refractivity contribution in [1.82, 2.24) is 36.2 Å². The molecule has 0 bridgehead atoms. The quantitative estimate of drug-likeness (QED) is 0.436. The molecule has 6 fully saturated rings. The molecule has 8 nitrogen and oxygen atoms in total. The van der Waals surface area contributed by atoms with Crippen molar-refractivity contribution in [1.29, 1.82) is 0 Å². The summed E-state index contributed by atoms with van der Waals surface area (Å²) in [5.41, 5.74) is 6.81. The normalized spacial score (nSPS) is 41.5. The van der Waals surface area contributed by atoms with E-state index in [1.807, 2.05) is 4.90 Å². The molecule has 0 aromatic rings. The summed E-state index contributed by atoms with van der Waals surface area (Å²) in [7, 11) is 0. The SMILES string of the molecule is O=C(C1CCCC(NC2NC3CCCCC3N3CNNC23)C1)N1CCN(C2CCCC(C(F)(F)F)C2)CC1. The number of carbonyl (C=O) groups excluding carboxylic acids is 1. The second-order valence-corrected chi connectivity index (χ2v) is 12.7. The molecule has 8 atom stereocenters. The van der Waals surface area contributed by atoms with Crippen LogP contribution in [0.4, 0.5) is 13.2 Å². The highest BCUT2D eigenvalue weighted by atomic mass is 19.4. The largest absolute Gasteiger partial charge is 0.391 e. The number of piperazine rings is 2. The Kier molecular flexibility index (Phi) is 8.22. The molecule has 3 saturated carbocycles. The van der Waals surface area contributed by atoms with E-state index in [1.165, 1.54) is 25.7 Å². The molecule has 0 aromatic carbocycles. The van der Waals surface area contributed by atoms with Crippen molar-refractivity contribution in [3.05, 3.63) is 0 Å². The van der Waals surface area contributed by atoms with Gasteiger partial charge in [-0.15, -0.1) is 0 Å². The summed E-state index contributed by atoms with van der Waals surface area (Å²) >= 11 is 0. The molecule has 3 aliphatic carbocycles. The minimum atomic E-state index is -4.09. The number of rotatable bonds is 4. The van der Waals surface area contributed by atoms with E-state index >= 15 is 0 Å². The minimum absolute atomic E-state index is 0.000829. The first kappa shape index (κ1) is 27.2. The third kappa shape index (κ3) is 5.74. The molecule has 0 radical (unpaired) electrons. The van der Waals surface area contributed by atoms with Crippen molar-refractivity contribution in [3.63, 3.8) is 0 Å².